The Morgan fingerprint density at radius 1 is 0.218 bits per heavy atom. The predicted octanol–water partition coefficient (Wildman–Crippen LogP) is 18.2. The molecule has 0 aromatic heterocycles. The fourth-order valence-corrected chi connectivity index (χ4v) is 16.2. The molecule has 0 aliphatic heterocycles. The fraction of sp³-hybridized carbons (Fsp3) is 1.00. The van der Waals surface area contributed by atoms with Crippen molar-refractivity contribution < 1.29 is 11.1 Å². The Kier molecular flexibility index (Phi) is 49.6. The molecule has 0 aromatic rings. The quantitative estimate of drug-likeness (QED) is 0.0452. The Hall–Kier alpha value is 1.54. The van der Waals surface area contributed by atoms with Gasteiger partial charge >= 0.3 is 50.8 Å². The summed E-state index contributed by atoms with van der Waals surface area (Å²) in [6.07, 6.45) is 49.7. The smallest absolute Gasteiger partial charge is 0.521 e. The van der Waals surface area contributed by atoms with Gasteiger partial charge < -0.3 is 11.1 Å². The largest absolute Gasteiger partial charge is 0.547 e. The fourth-order valence-electron chi connectivity index (χ4n) is 8.32. The van der Waals surface area contributed by atoms with Crippen LogP contribution in [-0.4, -0.2) is 50.8 Å². The second-order valence-corrected chi connectivity index (χ2v) is 25.9. The van der Waals surface area contributed by atoms with Gasteiger partial charge in [0.25, 0.3) is 0 Å². The third-order valence-electron chi connectivity index (χ3n) is 12.2. The molecule has 0 unspecified atom stereocenters. The summed E-state index contributed by atoms with van der Waals surface area (Å²) in [5.74, 6) is 0. The van der Waals surface area contributed by atoms with E-state index in [0.29, 0.717) is 0 Å². The normalized spacial score (nSPS) is 11.5. The third-order valence-corrected chi connectivity index (χ3v) is 20.3. The van der Waals surface area contributed by atoms with Gasteiger partial charge in [0.1, 0.15) is 0 Å². The first-order chi connectivity index (χ1) is 27.1. The molecule has 0 fully saturated rings. The maximum atomic E-state index is 7.37. The molecule has 0 aromatic carbocycles. The van der Waals surface area contributed by atoms with Crippen LogP contribution in [0.4, 0.5) is 0 Å². The lowest BCUT2D eigenvalue weighted by atomic mass is 10.1. The minimum Gasteiger partial charge on any atom is -0.521 e. The monoisotopic (exact) mass is 819 g/mol. The highest BCUT2D eigenvalue weighted by Gasteiger charge is 2.36. The second kappa shape index (κ2) is 48.2. The Bertz CT molecular complexity index is 567. The highest BCUT2D eigenvalue weighted by atomic mass is 27.2. The van der Waals surface area contributed by atoms with E-state index < -0.39 is 43.4 Å². The summed E-state index contributed by atoms with van der Waals surface area (Å²) < 4.78 is 22.1. The Balaban J connectivity index is 6.01. The summed E-state index contributed by atoms with van der Waals surface area (Å²) in [6.45, 7) is 14.0. The van der Waals surface area contributed by atoms with Crippen LogP contribution >= 0.6 is 0 Å². The van der Waals surface area contributed by atoms with Crippen LogP contribution in [-0.2, 0) is 11.1 Å². The summed E-state index contributed by atoms with van der Waals surface area (Å²) in [5.41, 5.74) is 0. The lowest BCUT2D eigenvalue weighted by Gasteiger charge is -2.27. The highest BCUT2D eigenvalue weighted by Crippen LogP contribution is 2.23. The van der Waals surface area contributed by atoms with Gasteiger partial charge in [-0.2, -0.15) is 0 Å². The molecule has 0 heterocycles. The lowest BCUT2D eigenvalue weighted by Crippen LogP contribution is -2.43. The zero-order valence-electron chi connectivity index (χ0n) is 39.2. The van der Waals surface area contributed by atoms with E-state index in [0.717, 1.165) is 0 Å². The van der Waals surface area contributed by atoms with Gasteiger partial charge in [-0.1, -0.05) is 304 Å². The molecule has 0 radical (unpaired) electrons. The van der Waals surface area contributed by atoms with Crippen molar-refractivity contribution in [1.29, 1.82) is 0 Å². The molecule has 0 N–H and O–H groups in total. The standard InChI is InChI=1S/6C8H17.3Al.BO3/c6*1-3-5-7-8-6-4-2;;;;2-1(3)4/h6*1,3-8H2,2H3;;;;/q;;;;;;3*+1;-3. The van der Waals surface area contributed by atoms with Crippen LogP contribution in [0.25, 0.3) is 0 Å². The SMILES string of the molecule is CCCCCCC[CH2][Al]([CH2]CCCCCCC)[O]B([O][Al]([CH2]CCCCCCC)[CH2]CCCCCCC)[O][Al]([CH2]CCCCCCC)[CH2]CCCCCCC. The zero-order chi connectivity index (χ0) is 40.1. The molecule has 7 heteroatoms. The number of unbranched alkanes of at least 4 members (excludes halogenated alkanes) is 30. The topological polar surface area (TPSA) is 27.7 Å². The molecule has 3 nitrogen and oxygen atoms in total. The summed E-state index contributed by atoms with van der Waals surface area (Å²) in [6, 6.07) is 0. The highest BCUT2D eigenvalue weighted by molar-refractivity contribution is 6.71. The average Bonchev–Trinajstić information content (AvgIpc) is 3.19. The van der Waals surface area contributed by atoms with Crippen molar-refractivity contribution >= 4 is 50.8 Å². The van der Waals surface area contributed by atoms with Crippen LogP contribution in [0.3, 0.4) is 0 Å². The van der Waals surface area contributed by atoms with E-state index in [9.17, 15) is 0 Å². The molecule has 0 atom stereocenters. The van der Waals surface area contributed by atoms with Crippen molar-refractivity contribution in [2.45, 2.75) is 304 Å². The van der Waals surface area contributed by atoms with E-state index >= 15 is 0 Å². The molecule has 0 saturated heterocycles. The first-order valence-electron chi connectivity index (χ1n) is 26.1. The molecule has 0 aliphatic rings. The van der Waals surface area contributed by atoms with E-state index in [1.54, 1.807) is 0 Å². The minimum absolute atomic E-state index is 0.328. The van der Waals surface area contributed by atoms with Gasteiger partial charge in [-0.25, -0.2) is 0 Å². The Morgan fingerprint density at radius 2 is 0.364 bits per heavy atom. The van der Waals surface area contributed by atoms with Crippen LogP contribution in [0.2, 0.25) is 31.7 Å². The van der Waals surface area contributed by atoms with Crippen molar-refractivity contribution in [3.05, 3.63) is 0 Å². The van der Waals surface area contributed by atoms with Crippen LogP contribution in [0, 0.1) is 0 Å². The van der Waals surface area contributed by atoms with Crippen molar-refractivity contribution in [1.82, 2.24) is 0 Å². The number of hydrogen-bond acceptors (Lipinski definition) is 3. The van der Waals surface area contributed by atoms with Gasteiger partial charge in [0.2, 0.25) is 0 Å². The minimum atomic E-state index is -1.42. The first-order valence-corrected chi connectivity index (χ1v) is 32.4. The summed E-state index contributed by atoms with van der Waals surface area (Å²) >= 11 is -4.26. The second-order valence-electron chi connectivity index (χ2n) is 17.9. The maximum Gasteiger partial charge on any atom is 0.547 e. The third kappa shape index (κ3) is 42.0. The van der Waals surface area contributed by atoms with E-state index in [2.05, 4.69) is 41.5 Å². The molecule has 0 spiro atoms. The van der Waals surface area contributed by atoms with Gasteiger partial charge in [-0.3, -0.25) is 0 Å². The van der Waals surface area contributed by atoms with Crippen molar-refractivity contribution in [3.63, 3.8) is 0 Å². The Morgan fingerprint density at radius 3 is 0.527 bits per heavy atom. The van der Waals surface area contributed by atoms with E-state index in [4.69, 9.17) is 11.1 Å². The van der Waals surface area contributed by atoms with Crippen molar-refractivity contribution in [2.75, 3.05) is 0 Å². The molecule has 0 amide bonds. The molecule has 0 rings (SSSR count). The molecular weight excluding hydrogens is 716 g/mol. The van der Waals surface area contributed by atoms with E-state index in [-0.39, 0.29) is 7.32 Å². The number of hydrogen-bond donors (Lipinski definition) is 0. The van der Waals surface area contributed by atoms with Gasteiger partial charge in [0.15, 0.2) is 0 Å². The summed E-state index contributed by atoms with van der Waals surface area (Å²) in [4.78, 5) is 0. The Labute approximate surface area is 363 Å². The van der Waals surface area contributed by atoms with Crippen molar-refractivity contribution in [2.24, 2.45) is 0 Å². The van der Waals surface area contributed by atoms with Gasteiger partial charge in [0, 0.05) is 0 Å². The van der Waals surface area contributed by atoms with Crippen LogP contribution in [0.1, 0.15) is 273 Å². The molecule has 324 valence electrons. The average molecular weight is 819 g/mol. The van der Waals surface area contributed by atoms with Gasteiger partial charge in [-0.05, 0) is 0 Å². The lowest BCUT2D eigenvalue weighted by molar-refractivity contribution is 0.304. The van der Waals surface area contributed by atoms with Gasteiger partial charge in [-0.15, -0.1) is 0 Å². The van der Waals surface area contributed by atoms with Crippen LogP contribution in [0.5, 0.6) is 0 Å². The zero-order valence-corrected chi connectivity index (χ0v) is 42.7. The number of rotatable bonds is 48. The molecule has 55 heavy (non-hydrogen) atoms. The molecule has 0 aliphatic carbocycles. The van der Waals surface area contributed by atoms with Gasteiger partial charge in [0.05, 0.1) is 0 Å². The maximum absolute atomic E-state index is 7.37. The first kappa shape index (κ1) is 56.5. The van der Waals surface area contributed by atoms with Crippen LogP contribution in [0.15, 0.2) is 0 Å². The molecule has 0 bridgehead atoms. The molecular formula is C48H102Al3BO3. The van der Waals surface area contributed by atoms with E-state index in [1.165, 1.54) is 263 Å². The van der Waals surface area contributed by atoms with E-state index in [1.807, 2.05) is 0 Å². The molecule has 0 saturated carbocycles. The summed E-state index contributed by atoms with van der Waals surface area (Å²) in [5, 5.41) is 7.96. The van der Waals surface area contributed by atoms with Crippen molar-refractivity contribution in [3.8, 4) is 0 Å². The predicted molar refractivity (Wildman–Crippen MR) is 255 cm³/mol. The summed E-state index contributed by atoms with van der Waals surface area (Å²) in [7, 11) is -0.328. The van der Waals surface area contributed by atoms with Crippen LogP contribution < -0.4 is 0 Å².